The lowest BCUT2D eigenvalue weighted by Gasteiger charge is -2.19. The average molecular weight is 277 g/mol. The molecule has 0 aliphatic heterocycles. The van der Waals surface area contributed by atoms with Crippen LogP contribution in [0.15, 0.2) is 12.1 Å². The standard InChI is InChI=1S/C11H14Cl2N2O2/c1-6(2)8(5-16)14-11(17)10-7(12)3-4-9(13)15-10/h3-4,6,8,16H,5H2,1-2H3,(H,14,17)/t8-/m1/s1. The minimum atomic E-state index is -0.440. The summed E-state index contributed by atoms with van der Waals surface area (Å²) in [6, 6.07) is 2.68. The quantitative estimate of drug-likeness (QED) is 0.829. The molecule has 1 aromatic heterocycles. The number of pyridine rings is 1. The zero-order chi connectivity index (χ0) is 13.0. The van der Waals surface area contributed by atoms with E-state index in [0.29, 0.717) is 0 Å². The van der Waals surface area contributed by atoms with Crippen molar-refractivity contribution in [3.8, 4) is 0 Å². The van der Waals surface area contributed by atoms with E-state index >= 15 is 0 Å². The van der Waals surface area contributed by atoms with E-state index in [2.05, 4.69) is 10.3 Å². The number of nitrogens with one attached hydrogen (secondary N) is 1. The minimum absolute atomic E-state index is 0.0678. The highest BCUT2D eigenvalue weighted by Gasteiger charge is 2.19. The molecule has 0 fully saturated rings. The molecule has 0 unspecified atom stereocenters. The van der Waals surface area contributed by atoms with Crippen molar-refractivity contribution < 1.29 is 9.90 Å². The molecule has 1 rings (SSSR count). The van der Waals surface area contributed by atoms with Crippen LogP contribution >= 0.6 is 23.2 Å². The topological polar surface area (TPSA) is 62.2 Å². The Morgan fingerprint density at radius 3 is 2.65 bits per heavy atom. The summed E-state index contributed by atoms with van der Waals surface area (Å²) in [6.07, 6.45) is 0. The summed E-state index contributed by atoms with van der Waals surface area (Å²) in [5, 5.41) is 12.2. The van der Waals surface area contributed by atoms with E-state index in [0.717, 1.165) is 0 Å². The van der Waals surface area contributed by atoms with Gasteiger partial charge in [0.05, 0.1) is 17.7 Å². The third kappa shape index (κ3) is 3.84. The van der Waals surface area contributed by atoms with Gasteiger partial charge in [0.25, 0.3) is 5.91 Å². The van der Waals surface area contributed by atoms with Gasteiger partial charge in [-0.05, 0) is 18.1 Å². The predicted molar refractivity (Wildman–Crippen MR) is 67.4 cm³/mol. The molecule has 2 N–H and O–H groups in total. The van der Waals surface area contributed by atoms with Gasteiger partial charge in [-0.2, -0.15) is 0 Å². The predicted octanol–water partition coefficient (Wildman–Crippen LogP) is 2.14. The molecule has 0 spiro atoms. The van der Waals surface area contributed by atoms with Crippen LogP contribution in [0.25, 0.3) is 0 Å². The highest BCUT2D eigenvalue weighted by molar-refractivity contribution is 6.34. The smallest absolute Gasteiger partial charge is 0.271 e. The van der Waals surface area contributed by atoms with Gasteiger partial charge in [0.15, 0.2) is 0 Å². The maximum Gasteiger partial charge on any atom is 0.271 e. The summed E-state index contributed by atoms with van der Waals surface area (Å²) in [5.74, 6) is -0.327. The molecule has 0 bridgehead atoms. The van der Waals surface area contributed by atoms with Crippen LogP contribution in [0.5, 0.6) is 0 Å². The van der Waals surface area contributed by atoms with Gasteiger partial charge < -0.3 is 10.4 Å². The fourth-order valence-corrected chi connectivity index (χ4v) is 1.58. The second-order valence-corrected chi connectivity index (χ2v) is 4.77. The lowest BCUT2D eigenvalue weighted by molar-refractivity contribution is 0.0892. The number of hydrogen-bond donors (Lipinski definition) is 2. The van der Waals surface area contributed by atoms with Crippen molar-refractivity contribution in [1.29, 1.82) is 0 Å². The van der Waals surface area contributed by atoms with Crippen LogP contribution in [0, 0.1) is 5.92 Å². The van der Waals surface area contributed by atoms with E-state index < -0.39 is 5.91 Å². The molecule has 4 nitrogen and oxygen atoms in total. The molecule has 0 saturated carbocycles. The number of aliphatic hydroxyl groups excluding tert-OH is 1. The summed E-state index contributed by atoms with van der Waals surface area (Å²) in [6.45, 7) is 3.66. The molecule has 0 aliphatic rings. The van der Waals surface area contributed by atoms with Gasteiger partial charge in [-0.1, -0.05) is 37.0 Å². The molecule has 0 radical (unpaired) electrons. The Kier molecular flexibility index (Phi) is 5.18. The van der Waals surface area contributed by atoms with E-state index in [1.807, 2.05) is 13.8 Å². The SMILES string of the molecule is CC(C)[C@@H](CO)NC(=O)c1nc(Cl)ccc1Cl. The maximum absolute atomic E-state index is 11.9. The van der Waals surface area contributed by atoms with Gasteiger partial charge in [0.2, 0.25) is 0 Å². The summed E-state index contributed by atoms with van der Waals surface area (Å²) < 4.78 is 0. The number of halogens is 2. The Hall–Kier alpha value is -0.840. The minimum Gasteiger partial charge on any atom is -0.394 e. The van der Waals surface area contributed by atoms with Crippen molar-refractivity contribution in [2.75, 3.05) is 6.61 Å². The van der Waals surface area contributed by atoms with Crippen molar-refractivity contribution >= 4 is 29.1 Å². The van der Waals surface area contributed by atoms with E-state index in [4.69, 9.17) is 28.3 Å². The molecule has 1 aromatic rings. The fourth-order valence-electron chi connectivity index (χ4n) is 1.24. The Bertz CT molecular complexity index is 410. The summed E-state index contributed by atoms with van der Waals surface area (Å²) in [7, 11) is 0. The molecule has 1 atom stereocenters. The van der Waals surface area contributed by atoms with E-state index in [9.17, 15) is 4.79 Å². The molecule has 1 heterocycles. The Labute approximate surface area is 110 Å². The van der Waals surface area contributed by atoms with Crippen LogP contribution in [0.3, 0.4) is 0 Å². The number of nitrogens with zero attached hydrogens (tertiary/aromatic N) is 1. The van der Waals surface area contributed by atoms with E-state index in [1.165, 1.54) is 12.1 Å². The zero-order valence-electron chi connectivity index (χ0n) is 9.58. The average Bonchev–Trinajstić information content (AvgIpc) is 2.28. The third-order valence-electron chi connectivity index (χ3n) is 2.35. The van der Waals surface area contributed by atoms with Gasteiger partial charge in [0.1, 0.15) is 10.8 Å². The van der Waals surface area contributed by atoms with Crippen molar-refractivity contribution in [2.45, 2.75) is 19.9 Å². The third-order valence-corrected chi connectivity index (χ3v) is 2.86. The number of hydrogen-bond acceptors (Lipinski definition) is 3. The Morgan fingerprint density at radius 2 is 2.12 bits per heavy atom. The monoisotopic (exact) mass is 276 g/mol. The summed E-state index contributed by atoms with van der Waals surface area (Å²) in [5.41, 5.74) is 0.0678. The van der Waals surface area contributed by atoms with Crippen molar-refractivity contribution in [2.24, 2.45) is 5.92 Å². The summed E-state index contributed by atoms with van der Waals surface area (Å²) in [4.78, 5) is 15.7. The number of carbonyl (C=O) groups excluding carboxylic acids is 1. The van der Waals surface area contributed by atoms with Crippen LogP contribution in [0.1, 0.15) is 24.3 Å². The van der Waals surface area contributed by atoms with Crippen LogP contribution in [-0.2, 0) is 0 Å². The van der Waals surface area contributed by atoms with Crippen LogP contribution < -0.4 is 5.32 Å². The summed E-state index contributed by atoms with van der Waals surface area (Å²) >= 11 is 11.5. The molecule has 6 heteroatoms. The molecule has 0 saturated heterocycles. The van der Waals surface area contributed by atoms with E-state index in [-0.39, 0.29) is 34.4 Å². The van der Waals surface area contributed by atoms with E-state index in [1.54, 1.807) is 0 Å². The lowest BCUT2D eigenvalue weighted by atomic mass is 10.1. The Balaban J connectivity index is 2.86. The second-order valence-electron chi connectivity index (χ2n) is 3.97. The van der Waals surface area contributed by atoms with Crippen molar-refractivity contribution in [3.63, 3.8) is 0 Å². The number of rotatable bonds is 4. The molecule has 1 amide bonds. The van der Waals surface area contributed by atoms with Gasteiger partial charge in [-0.3, -0.25) is 4.79 Å². The van der Waals surface area contributed by atoms with Crippen molar-refractivity contribution in [3.05, 3.63) is 28.0 Å². The lowest BCUT2D eigenvalue weighted by Crippen LogP contribution is -2.41. The Morgan fingerprint density at radius 1 is 1.47 bits per heavy atom. The second kappa shape index (κ2) is 6.19. The number of carbonyl (C=O) groups is 1. The number of amides is 1. The molecule has 94 valence electrons. The van der Waals surface area contributed by atoms with Crippen LogP contribution in [-0.4, -0.2) is 28.6 Å². The molecular formula is C11H14Cl2N2O2. The highest BCUT2D eigenvalue weighted by Crippen LogP contribution is 2.17. The van der Waals surface area contributed by atoms with Gasteiger partial charge in [-0.15, -0.1) is 0 Å². The van der Waals surface area contributed by atoms with Gasteiger partial charge >= 0.3 is 0 Å². The van der Waals surface area contributed by atoms with Crippen LogP contribution in [0.4, 0.5) is 0 Å². The first kappa shape index (κ1) is 14.2. The van der Waals surface area contributed by atoms with Gasteiger partial charge in [-0.25, -0.2) is 4.98 Å². The van der Waals surface area contributed by atoms with Crippen LogP contribution in [0.2, 0.25) is 10.2 Å². The number of aromatic nitrogens is 1. The first-order valence-electron chi connectivity index (χ1n) is 5.19. The fraction of sp³-hybridized carbons (Fsp3) is 0.455. The molecule has 0 aliphatic carbocycles. The molecule has 0 aromatic carbocycles. The molecular weight excluding hydrogens is 263 g/mol. The largest absolute Gasteiger partial charge is 0.394 e. The van der Waals surface area contributed by atoms with Crippen molar-refractivity contribution in [1.82, 2.24) is 10.3 Å². The first-order valence-corrected chi connectivity index (χ1v) is 5.95. The highest BCUT2D eigenvalue weighted by atomic mass is 35.5. The molecule has 17 heavy (non-hydrogen) atoms. The normalized spacial score (nSPS) is 12.6. The first-order chi connectivity index (χ1) is 7.95. The van der Waals surface area contributed by atoms with Gasteiger partial charge in [0, 0.05) is 0 Å². The zero-order valence-corrected chi connectivity index (χ0v) is 11.1. The maximum atomic E-state index is 11.9. The number of aliphatic hydroxyl groups is 1.